The lowest BCUT2D eigenvalue weighted by molar-refractivity contribution is -0.906. The normalized spacial score (nSPS) is 25.5. The lowest BCUT2D eigenvalue weighted by Gasteiger charge is -2.30. The lowest BCUT2D eigenvalue weighted by atomic mass is 9.72. The lowest BCUT2D eigenvalue weighted by Crippen LogP contribution is -3.14. The highest BCUT2D eigenvalue weighted by atomic mass is 16.5. The van der Waals surface area contributed by atoms with Gasteiger partial charge in [0.05, 0.1) is 26.3 Å². The molecule has 5 nitrogen and oxygen atoms in total. The van der Waals surface area contributed by atoms with Gasteiger partial charge in [-0.3, -0.25) is 14.6 Å². The van der Waals surface area contributed by atoms with Crippen LogP contribution in [0.5, 0.6) is 0 Å². The van der Waals surface area contributed by atoms with Crippen LogP contribution < -0.4 is 4.90 Å². The van der Waals surface area contributed by atoms with E-state index < -0.39 is 5.92 Å². The summed E-state index contributed by atoms with van der Waals surface area (Å²) in [5, 5.41) is 0. The molecule has 20 heavy (non-hydrogen) atoms. The van der Waals surface area contributed by atoms with Crippen LogP contribution in [0.4, 0.5) is 0 Å². The van der Waals surface area contributed by atoms with Crippen molar-refractivity contribution in [1.29, 1.82) is 0 Å². The van der Waals surface area contributed by atoms with Crippen LogP contribution in [-0.2, 0) is 14.3 Å². The summed E-state index contributed by atoms with van der Waals surface area (Å²) < 4.78 is 5.30. The number of carbonyl (C=O) groups excluding carboxylic acids is 2. The van der Waals surface area contributed by atoms with Gasteiger partial charge in [-0.1, -0.05) is 13.8 Å². The molecule has 0 aromatic heterocycles. The molecule has 1 saturated heterocycles. The molecule has 112 valence electrons. The van der Waals surface area contributed by atoms with Crippen molar-refractivity contribution < 1.29 is 19.2 Å². The smallest absolute Gasteiger partial charge is 0.149 e. The first-order valence-electron chi connectivity index (χ1n) is 7.45. The fourth-order valence-electron chi connectivity index (χ4n) is 2.88. The number of morpholine rings is 1. The van der Waals surface area contributed by atoms with E-state index in [1.165, 1.54) is 4.90 Å². The van der Waals surface area contributed by atoms with E-state index in [1.807, 2.05) is 13.8 Å². The topological polar surface area (TPSA) is 60.2 Å². The zero-order valence-corrected chi connectivity index (χ0v) is 12.5. The summed E-state index contributed by atoms with van der Waals surface area (Å²) in [6, 6.07) is 0. The molecular formula is C15H25N2O3+. The van der Waals surface area contributed by atoms with Crippen molar-refractivity contribution in [3.05, 3.63) is 0 Å². The van der Waals surface area contributed by atoms with Gasteiger partial charge in [0.2, 0.25) is 0 Å². The molecule has 1 N–H and O–H groups in total. The van der Waals surface area contributed by atoms with Crippen LogP contribution in [-0.4, -0.2) is 57.2 Å². The highest BCUT2D eigenvalue weighted by molar-refractivity contribution is 6.16. The number of rotatable bonds is 4. The second-order valence-electron chi connectivity index (χ2n) is 6.60. The zero-order valence-electron chi connectivity index (χ0n) is 12.5. The first kappa shape index (κ1) is 15.3. The van der Waals surface area contributed by atoms with Crippen LogP contribution in [0.2, 0.25) is 0 Å². The van der Waals surface area contributed by atoms with Crippen molar-refractivity contribution in [3.8, 4) is 0 Å². The average Bonchev–Trinajstić information content (AvgIpc) is 2.37. The Morgan fingerprint density at radius 2 is 1.85 bits per heavy atom. The number of Topliss-reactive ketones (excluding diaryl/α,β-unsaturated/α-hetero) is 2. The molecular weight excluding hydrogens is 256 g/mol. The molecule has 1 aliphatic heterocycles. The summed E-state index contributed by atoms with van der Waals surface area (Å²) in [6.45, 7) is 9.23. The van der Waals surface area contributed by atoms with Crippen molar-refractivity contribution >= 4 is 17.8 Å². The van der Waals surface area contributed by atoms with Crippen LogP contribution in [0.3, 0.4) is 0 Å². The second kappa shape index (κ2) is 6.59. The molecule has 2 fully saturated rings. The van der Waals surface area contributed by atoms with Crippen LogP contribution in [0.25, 0.3) is 0 Å². The first-order valence-corrected chi connectivity index (χ1v) is 7.45. The highest BCUT2D eigenvalue weighted by Gasteiger charge is 2.38. The largest absolute Gasteiger partial charge is 0.370 e. The van der Waals surface area contributed by atoms with E-state index in [-0.39, 0.29) is 17.0 Å². The Hall–Kier alpha value is -1.07. The second-order valence-corrected chi connectivity index (χ2v) is 6.60. The predicted molar refractivity (Wildman–Crippen MR) is 76.3 cm³/mol. The fourth-order valence-corrected chi connectivity index (χ4v) is 2.88. The van der Waals surface area contributed by atoms with Crippen molar-refractivity contribution in [2.24, 2.45) is 16.3 Å². The summed E-state index contributed by atoms with van der Waals surface area (Å²) in [7, 11) is 0. The Morgan fingerprint density at radius 3 is 2.45 bits per heavy atom. The molecule has 0 atom stereocenters. The van der Waals surface area contributed by atoms with Crippen molar-refractivity contribution in [1.82, 2.24) is 0 Å². The van der Waals surface area contributed by atoms with E-state index in [0.717, 1.165) is 32.8 Å². The maximum Gasteiger partial charge on any atom is 0.149 e. The minimum absolute atomic E-state index is 0.0220. The van der Waals surface area contributed by atoms with E-state index in [4.69, 9.17) is 4.74 Å². The summed E-state index contributed by atoms with van der Waals surface area (Å²) in [4.78, 5) is 29.8. The Balaban J connectivity index is 1.78. The summed E-state index contributed by atoms with van der Waals surface area (Å²) >= 11 is 0. The van der Waals surface area contributed by atoms with Gasteiger partial charge in [0, 0.05) is 19.1 Å². The summed E-state index contributed by atoms with van der Waals surface area (Å²) in [5.74, 6) is -0.551. The Morgan fingerprint density at radius 1 is 1.25 bits per heavy atom. The van der Waals surface area contributed by atoms with Crippen molar-refractivity contribution in [2.75, 3.05) is 39.4 Å². The van der Waals surface area contributed by atoms with E-state index in [1.54, 1.807) is 6.21 Å². The summed E-state index contributed by atoms with van der Waals surface area (Å²) in [5.41, 5.74) is -0.184. The van der Waals surface area contributed by atoms with Gasteiger partial charge in [-0.05, 0) is 5.41 Å². The summed E-state index contributed by atoms with van der Waals surface area (Å²) in [6.07, 6.45) is 2.54. The van der Waals surface area contributed by atoms with Crippen LogP contribution in [0, 0.1) is 11.3 Å². The molecule has 0 unspecified atom stereocenters. The first-order chi connectivity index (χ1) is 9.48. The van der Waals surface area contributed by atoms with E-state index in [2.05, 4.69) is 4.99 Å². The quantitative estimate of drug-likeness (QED) is 0.561. The number of nitrogens with zero attached hydrogens (tertiary/aromatic N) is 1. The number of hydrogen-bond donors (Lipinski definition) is 1. The molecule has 1 saturated carbocycles. The Bertz CT molecular complexity index is 378. The molecule has 0 aromatic carbocycles. The third kappa shape index (κ3) is 4.21. The molecule has 5 heteroatoms. The monoisotopic (exact) mass is 281 g/mol. The molecule has 0 radical (unpaired) electrons. The Kier molecular flexibility index (Phi) is 5.05. The van der Waals surface area contributed by atoms with Gasteiger partial charge in [0.25, 0.3) is 0 Å². The molecule has 1 aliphatic carbocycles. The number of ether oxygens (including phenoxy) is 1. The zero-order chi connectivity index (χ0) is 14.6. The molecule has 2 aliphatic rings. The SMILES string of the molecule is CC1(C)CC(=O)C(C=NCC[NH+]2CCOCC2)C(=O)C1. The number of quaternary nitrogens is 1. The Labute approximate surface area is 120 Å². The van der Waals surface area contributed by atoms with Crippen molar-refractivity contribution in [3.63, 3.8) is 0 Å². The van der Waals surface area contributed by atoms with Gasteiger partial charge < -0.3 is 9.64 Å². The highest BCUT2D eigenvalue weighted by Crippen LogP contribution is 2.33. The predicted octanol–water partition coefficient (Wildman–Crippen LogP) is -0.453. The third-order valence-corrected chi connectivity index (χ3v) is 4.05. The molecule has 1 heterocycles. The minimum atomic E-state index is -0.595. The molecule has 0 spiro atoms. The van der Waals surface area contributed by atoms with Crippen LogP contribution in [0.15, 0.2) is 4.99 Å². The standard InChI is InChI=1S/C15H24N2O3/c1-15(2)9-13(18)12(14(19)10-15)11-16-3-4-17-5-7-20-8-6-17/h11-12H,3-10H2,1-2H3/p+1. The van der Waals surface area contributed by atoms with Gasteiger partial charge in [0.15, 0.2) is 0 Å². The maximum atomic E-state index is 12.0. The van der Waals surface area contributed by atoms with Crippen molar-refractivity contribution in [2.45, 2.75) is 26.7 Å². The van der Waals surface area contributed by atoms with E-state index in [9.17, 15) is 9.59 Å². The number of nitrogens with one attached hydrogen (secondary N) is 1. The number of aliphatic imine (C=N–C) groups is 1. The number of ketones is 2. The minimum Gasteiger partial charge on any atom is -0.370 e. The molecule has 0 bridgehead atoms. The fraction of sp³-hybridized carbons (Fsp3) is 0.800. The van der Waals surface area contributed by atoms with Crippen LogP contribution >= 0.6 is 0 Å². The number of carbonyl (C=O) groups is 2. The molecule has 0 amide bonds. The maximum absolute atomic E-state index is 12.0. The van der Waals surface area contributed by atoms with Gasteiger partial charge in [0.1, 0.15) is 30.6 Å². The van der Waals surface area contributed by atoms with Gasteiger partial charge in [-0.15, -0.1) is 0 Å². The molecule has 0 aromatic rings. The van der Waals surface area contributed by atoms with Gasteiger partial charge in [-0.2, -0.15) is 0 Å². The van der Waals surface area contributed by atoms with Crippen LogP contribution in [0.1, 0.15) is 26.7 Å². The third-order valence-electron chi connectivity index (χ3n) is 4.05. The molecule has 2 rings (SSSR count). The number of hydrogen-bond acceptors (Lipinski definition) is 4. The van der Waals surface area contributed by atoms with Gasteiger partial charge >= 0.3 is 0 Å². The van der Waals surface area contributed by atoms with E-state index in [0.29, 0.717) is 19.4 Å². The van der Waals surface area contributed by atoms with E-state index >= 15 is 0 Å². The average molecular weight is 281 g/mol. The van der Waals surface area contributed by atoms with Gasteiger partial charge in [-0.25, -0.2) is 0 Å².